The number of hydrogen-bond acceptors (Lipinski definition) is 3. The fraction of sp³-hybridized carbons (Fsp3) is 0.100. The SMILES string of the molecule is Cc1ccc(-c2cc(-c3c(F)c(F)c(F)c(F)c3F)c(C#N)c(N)n2)c(C)c1. The molecule has 0 amide bonds. The molecule has 0 atom stereocenters. The lowest BCUT2D eigenvalue weighted by Gasteiger charge is -2.14. The highest BCUT2D eigenvalue weighted by molar-refractivity contribution is 5.81. The minimum absolute atomic E-state index is 0.132. The molecular weight excluding hydrogens is 377 g/mol. The molecule has 0 aliphatic rings. The molecule has 28 heavy (non-hydrogen) atoms. The third-order valence-electron chi connectivity index (χ3n) is 4.30. The maximum absolute atomic E-state index is 14.3. The van der Waals surface area contributed by atoms with Crippen LogP contribution in [0.25, 0.3) is 22.4 Å². The van der Waals surface area contributed by atoms with Crippen LogP contribution in [0.4, 0.5) is 27.8 Å². The smallest absolute Gasteiger partial charge is 0.200 e. The third-order valence-corrected chi connectivity index (χ3v) is 4.30. The number of benzene rings is 2. The number of pyridine rings is 1. The molecular formula is C20H12F5N3. The van der Waals surface area contributed by atoms with Gasteiger partial charge in [0.25, 0.3) is 0 Å². The Morgan fingerprint density at radius 1 is 0.857 bits per heavy atom. The maximum atomic E-state index is 14.3. The molecule has 0 bridgehead atoms. The van der Waals surface area contributed by atoms with Gasteiger partial charge in [-0.3, -0.25) is 0 Å². The first-order chi connectivity index (χ1) is 13.2. The van der Waals surface area contributed by atoms with Gasteiger partial charge in [-0.15, -0.1) is 0 Å². The number of aromatic nitrogens is 1. The predicted octanol–water partition coefficient (Wildman–Crippen LogP) is 5.18. The van der Waals surface area contributed by atoms with Crippen LogP contribution in [0.3, 0.4) is 0 Å². The first kappa shape index (κ1) is 19.3. The third kappa shape index (κ3) is 2.95. The van der Waals surface area contributed by atoms with Crippen molar-refractivity contribution in [1.29, 1.82) is 5.26 Å². The number of nitrogens with two attached hydrogens (primary N) is 1. The molecule has 3 nitrogen and oxygen atoms in total. The Kier molecular flexibility index (Phi) is 4.77. The van der Waals surface area contributed by atoms with Crippen molar-refractivity contribution in [3.8, 4) is 28.5 Å². The Bertz CT molecular complexity index is 1140. The van der Waals surface area contributed by atoms with Gasteiger partial charge >= 0.3 is 0 Å². The van der Waals surface area contributed by atoms with Crippen molar-refractivity contribution in [2.45, 2.75) is 13.8 Å². The van der Waals surface area contributed by atoms with Gasteiger partial charge in [-0.05, 0) is 25.5 Å². The van der Waals surface area contributed by atoms with Crippen molar-refractivity contribution in [3.63, 3.8) is 0 Å². The number of anilines is 1. The number of nitriles is 1. The van der Waals surface area contributed by atoms with Gasteiger partial charge in [-0.25, -0.2) is 26.9 Å². The van der Waals surface area contributed by atoms with Gasteiger partial charge in [0, 0.05) is 11.1 Å². The fourth-order valence-electron chi connectivity index (χ4n) is 2.96. The Morgan fingerprint density at radius 3 is 1.96 bits per heavy atom. The molecule has 0 saturated carbocycles. The van der Waals surface area contributed by atoms with E-state index in [-0.39, 0.29) is 11.5 Å². The zero-order chi connectivity index (χ0) is 20.7. The van der Waals surface area contributed by atoms with Gasteiger partial charge in [-0.2, -0.15) is 5.26 Å². The lowest BCUT2D eigenvalue weighted by Crippen LogP contribution is -2.07. The van der Waals surface area contributed by atoms with E-state index in [0.29, 0.717) is 5.56 Å². The molecule has 3 aromatic rings. The average molecular weight is 389 g/mol. The summed E-state index contributed by atoms with van der Waals surface area (Å²) < 4.78 is 69.3. The van der Waals surface area contributed by atoms with E-state index in [1.54, 1.807) is 25.1 Å². The van der Waals surface area contributed by atoms with E-state index in [1.807, 2.05) is 13.0 Å². The maximum Gasteiger partial charge on any atom is 0.200 e. The minimum atomic E-state index is -2.28. The van der Waals surface area contributed by atoms with E-state index in [4.69, 9.17) is 5.73 Å². The summed E-state index contributed by atoms with van der Waals surface area (Å²) in [5, 5.41) is 9.31. The Labute approximate surface area is 156 Å². The summed E-state index contributed by atoms with van der Waals surface area (Å²) in [7, 11) is 0. The second kappa shape index (κ2) is 6.93. The van der Waals surface area contributed by atoms with Crippen molar-refractivity contribution >= 4 is 5.82 Å². The largest absolute Gasteiger partial charge is 0.383 e. The van der Waals surface area contributed by atoms with Gasteiger partial charge in [0.05, 0.1) is 11.3 Å². The molecule has 0 unspecified atom stereocenters. The summed E-state index contributed by atoms with van der Waals surface area (Å²) in [6, 6.07) is 7.97. The second-order valence-electron chi connectivity index (χ2n) is 6.19. The predicted molar refractivity (Wildman–Crippen MR) is 93.5 cm³/mol. The number of halogens is 5. The first-order valence-corrected chi connectivity index (χ1v) is 7.97. The van der Waals surface area contributed by atoms with Gasteiger partial charge in [0.15, 0.2) is 23.3 Å². The van der Waals surface area contributed by atoms with Crippen LogP contribution in [0.5, 0.6) is 0 Å². The number of nitrogens with zero attached hydrogens (tertiary/aromatic N) is 2. The Morgan fingerprint density at radius 2 is 1.43 bits per heavy atom. The van der Waals surface area contributed by atoms with Crippen LogP contribution >= 0.6 is 0 Å². The molecule has 0 radical (unpaired) electrons. The van der Waals surface area contributed by atoms with Crippen molar-refractivity contribution in [3.05, 3.63) is 70.0 Å². The summed E-state index contributed by atoms with van der Waals surface area (Å²) in [6.07, 6.45) is 0. The summed E-state index contributed by atoms with van der Waals surface area (Å²) in [6.45, 7) is 3.62. The van der Waals surface area contributed by atoms with E-state index in [0.717, 1.165) is 17.2 Å². The highest BCUT2D eigenvalue weighted by Crippen LogP contribution is 2.37. The van der Waals surface area contributed by atoms with Crippen LogP contribution in [0, 0.1) is 54.3 Å². The van der Waals surface area contributed by atoms with Gasteiger partial charge in [0.2, 0.25) is 5.82 Å². The van der Waals surface area contributed by atoms with Crippen LogP contribution in [-0.2, 0) is 0 Å². The van der Waals surface area contributed by atoms with E-state index >= 15 is 0 Å². The van der Waals surface area contributed by atoms with E-state index < -0.39 is 45.8 Å². The number of nitrogen functional groups attached to an aromatic ring is 1. The van der Waals surface area contributed by atoms with Crippen LogP contribution in [-0.4, -0.2) is 4.98 Å². The molecule has 8 heteroatoms. The molecule has 3 rings (SSSR count). The monoisotopic (exact) mass is 389 g/mol. The number of rotatable bonds is 2. The van der Waals surface area contributed by atoms with E-state index in [1.165, 1.54) is 0 Å². The standard InChI is InChI=1S/C20H12F5N3/c1-8-3-4-10(9(2)5-8)13-6-11(12(7-26)20(27)28-13)14-15(21)17(23)19(25)18(24)16(14)22/h3-6H,1-2H3,(H2,27,28). The topological polar surface area (TPSA) is 62.7 Å². The summed E-state index contributed by atoms with van der Waals surface area (Å²) in [5.41, 5.74) is 5.87. The molecule has 0 aliphatic heterocycles. The number of aryl methyl sites for hydroxylation is 2. The highest BCUT2D eigenvalue weighted by atomic mass is 19.2. The fourth-order valence-corrected chi connectivity index (χ4v) is 2.96. The van der Waals surface area contributed by atoms with Crippen molar-refractivity contribution in [2.24, 2.45) is 0 Å². The average Bonchev–Trinajstić information content (AvgIpc) is 2.64. The number of hydrogen-bond donors (Lipinski definition) is 1. The highest BCUT2D eigenvalue weighted by Gasteiger charge is 2.29. The molecule has 1 aromatic heterocycles. The summed E-state index contributed by atoms with van der Waals surface area (Å²) in [4.78, 5) is 4.06. The van der Waals surface area contributed by atoms with Crippen LogP contribution in [0.2, 0.25) is 0 Å². The minimum Gasteiger partial charge on any atom is -0.383 e. The lowest BCUT2D eigenvalue weighted by atomic mass is 9.95. The molecule has 0 fully saturated rings. The zero-order valence-corrected chi connectivity index (χ0v) is 14.7. The van der Waals surface area contributed by atoms with Crippen molar-refractivity contribution in [2.75, 3.05) is 5.73 Å². The van der Waals surface area contributed by atoms with E-state index in [2.05, 4.69) is 4.98 Å². The van der Waals surface area contributed by atoms with Crippen LogP contribution in [0.15, 0.2) is 24.3 Å². The molecule has 0 spiro atoms. The normalized spacial score (nSPS) is 10.8. The summed E-state index contributed by atoms with van der Waals surface area (Å²) in [5.74, 6) is -11.0. The molecule has 0 saturated heterocycles. The van der Waals surface area contributed by atoms with Crippen LogP contribution < -0.4 is 5.73 Å². The summed E-state index contributed by atoms with van der Waals surface area (Å²) >= 11 is 0. The molecule has 2 aromatic carbocycles. The second-order valence-corrected chi connectivity index (χ2v) is 6.19. The molecule has 1 heterocycles. The zero-order valence-electron chi connectivity index (χ0n) is 14.7. The molecule has 2 N–H and O–H groups in total. The lowest BCUT2D eigenvalue weighted by molar-refractivity contribution is 0.381. The Hall–Kier alpha value is -3.47. The van der Waals surface area contributed by atoms with Gasteiger partial charge in [0.1, 0.15) is 17.5 Å². The van der Waals surface area contributed by atoms with Gasteiger partial charge < -0.3 is 5.73 Å². The van der Waals surface area contributed by atoms with E-state index in [9.17, 15) is 27.2 Å². The quantitative estimate of drug-likeness (QED) is 0.373. The van der Waals surface area contributed by atoms with Crippen molar-refractivity contribution in [1.82, 2.24) is 4.98 Å². The molecule has 142 valence electrons. The van der Waals surface area contributed by atoms with Gasteiger partial charge in [-0.1, -0.05) is 23.8 Å². The first-order valence-electron chi connectivity index (χ1n) is 7.97. The molecule has 0 aliphatic carbocycles. The van der Waals surface area contributed by atoms with Crippen molar-refractivity contribution < 1.29 is 22.0 Å². The Balaban J connectivity index is 2.40. The van der Waals surface area contributed by atoms with Crippen LogP contribution in [0.1, 0.15) is 16.7 Å².